The van der Waals surface area contributed by atoms with Gasteiger partial charge in [-0.2, -0.15) is 4.98 Å². The van der Waals surface area contributed by atoms with Gasteiger partial charge in [0.05, 0.1) is 10.6 Å². The first-order valence-electron chi connectivity index (χ1n) is 5.77. The average Bonchev–Trinajstić information content (AvgIpc) is 2.37. The highest BCUT2D eigenvalue weighted by Gasteiger charge is 2.12. The quantitative estimate of drug-likeness (QED) is 0.935. The molecule has 0 aliphatic rings. The van der Waals surface area contributed by atoms with E-state index in [0.29, 0.717) is 35.3 Å². The molecule has 4 nitrogen and oxygen atoms in total. The van der Waals surface area contributed by atoms with Crippen LogP contribution in [0.4, 0.5) is 10.2 Å². The average molecular weight is 282 g/mol. The van der Waals surface area contributed by atoms with Gasteiger partial charge in [0.1, 0.15) is 23.2 Å². The molecule has 0 fully saturated rings. The second-order valence-corrected chi connectivity index (χ2v) is 4.39. The van der Waals surface area contributed by atoms with Gasteiger partial charge in [-0.1, -0.05) is 18.5 Å². The van der Waals surface area contributed by atoms with Crippen molar-refractivity contribution >= 4 is 17.4 Å². The van der Waals surface area contributed by atoms with E-state index < -0.39 is 5.82 Å². The Bertz CT molecular complexity index is 619. The van der Waals surface area contributed by atoms with Crippen LogP contribution >= 0.6 is 11.6 Å². The van der Waals surface area contributed by atoms with Crippen molar-refractivity contribution in [2.24, 2.45) is 0 Å². The maximum Gasteiger partial charge on any atom is 0.227 e. The van der Waals surface area contributed by atoms with Gasteiger partial charge in [-0.15, -0.1) is 0 Å². The zero-order valence-electron chi connectivity index (χ0n) is 10.6. The van der Waals surface area contributed by atoms with Gasteiger partial charge >= 0.3 is 0 Å². The van der Waals surface area contributed by atoms with Crippen LogP contribution in [0.5, 0.6) is 11.6 Å². The summed E-state index contributed by atoms with van der Waals surface area (Å²) < 4.78 is 18.6. The molecule has 0 saturated heterocycles. The summed E-state index contributed by atoms with van der Waals surface area (Å²) in [7, 11) is 0. The third-order valence-electron chi connectivity index (χ3n) is 2.60. The second-order valence-electron chi connectivity index (χ2n) is 3.99. The Labute approximate surface area is 115 Å². The fourth-order valence-electron chi connectivity index (χ4n) is 1.48. The van der Waals surface area contributed by atoms with E-state index in [1.165, 1.54) is 18.2 Å². The standard InChI is InChI=1S/C13H13ClFN3O/c1-3-11-17-12(16)7(2)13(18-11)19-10-5-4-8(15)6-9(10)14/h4-6H,3H2,1-2H3,(H2,16,17,18). The molecular weight excluding hydrogens is 269 g/mol. The molecule has 2 rings (SSSR count). The summed E-state index contributed by atoms with van der Waals surface area (Å²) in [6.07, 6.45) is 0.637. The van der Waals surface area contributed by atoms with E-state index in [1.54, 1.807) is 6.92 Å². The maximum atomic E-state index is 13.0. The Morgan fingerprint density at radius 3 is 2.74 bits per heavy atom. The summed E-state index contributed by atoms with van der Waals surface area (Å²) in [5.74, 6) is 1.17. The van der Waals surface area contributed by atoms with Gasteiger partial charge in [0, 0.05) is 6.42 Å². The van der Waals surface area contributed by atoms with Crippen molar-refractivity contribution in [3.8, 4) is 11.6 Å². The van der Waals surface area contributed by atoms with E-state index in [9.17, 15) is 4.39 Å². The number of nitrogens with two attached hydrogens (primary N) is 1. The predicted octanol–water partition coefficient (Wildman–Crippen LogP) is 3.51. The second kappa shape index (κ2) is 5.40. The molecule has 1 aromatic heterocycles. The number of anilines is 1. The van der Waals surface area contributed by atoms with E-state index in [-0.39, 0.29) is 5.02 Å². The molecule has 0 saturated carbocycles. The Kier molecular flexibility index (Phi) is 3.85. The highest BCUT2D eigenvalue weighted by molar-refractivity contribution is 6.32. The Balaban J connectivity index is 2.40. The number of halogens is 2. The van der Waals surface area contributed by atoms with Crippen LogP contribution < -0.4 is 10.5 Å². The van der Waals surface area contributed by atoms with Crippen molar-refractivity contribution < 1.29 is 9.13 Å². The van der Waals surface area contributed by atoms with Crippen LogP contribution in [-0.4, -0.2) is 9.97 Å². The molecule has 2 aromatic rings. The van der Waals surface area contributed by atoms with Gasteiger partial charge in [-0.25, -0.2) is 9.37 Å². The summed E-state index contributed by atoms with van der Waals surface area (Å²) in [4.78, 5) is 8.37. The molecule has 0 atom stereocenters. The monoisotopic (exact) mass is 281 g/mol. The lowest BCUT2D eigenvalue weighted by Crippen LogP contribution is -2.04. The van der Waals surface area contributed by atoms with E-state index >= 15 is 0 Å². The smallest absolute Gasteiger partial charge is 0.227 e. The van der Waals surface area contributed by atoms with Gasteiger partial charge < -0.3 is 10.5 Å². The van der Waals surface area contributed by atoms with Crippen LogP contribution in [0, 0.1) is 12.7 Å². The third-order valence-corrected chi connectivity index (χ3v) is 2.90. The molecule has 6 heteroatoms. The lowest BCUT2D eigenvalue weighted by molar-refractivity contribution is 0.454. The minimum absolute atomic E-state index is 0.176. The lowest BCUT2D eigenvalue weighted by atomic mass is 10.3. The summed E-state index contributed by atoms with van der Waals surface area (Å²) >= 11 is 5.91. The molecule has 0 aliphatic heterocycles. The Morgan fingerprint density at radius 2 is 2.11 bits per heavy atom. The number of rotatable bonds is 3. The molecule has 2 N–H and O–H groups in total. The number of hydrogen-bond acceptors (Lipinski definition) is 4. The van der Waals surface area contributed by atoms with Gasteiger partial charge in [-0.3, -0.25) is 0 Å². The summed E-state index contributed by atoms with van der Waals surface area (Å²) in [6, 6.07) is 3.89. The summed E-state index contributed by atoms with van der Waals surface area (Å²) in [5, 5.41) is 0.176. The van der Waals surface area contributed by atoms with Gasteiger partial charge in [0.15, 0.2) is 0 Å². The molecule has 0 amide bonds. The van der Waals surface area contributed by atoms with Crippen LogP contribution in [0.3, 0.4) is 0 Å². The highest BCUT2D eigenvalue weighted by Crippen LogP contribution is 2.31. The van der Waals surface area contributed by atoms with Crippen LogP contribution in [0.2, 0.25) is 5.02 Å². The normalized spacial score (nSPS) is 10.5. The van der Waals surface area contributed by atoms with Crippen LogP contribution in [0.15, 0.2) is 18.2 Å². The summed E-state index contributed by atoms with van der Waals surface area (Å²) in [6.45, 7) is 3.67. The third kappa shape index (κ3) is 2.93. The van der Waals surface area contributed by atoms with Gasteiger partial charge in [0.25, 0.3) is 0 Å². The first-order chi connectivity index (χ1) is 9.01. The first kappa shape index (κ1) is 13.5. The van der Waals surface area contributed by atoms with Crippen molar-refractivity contribution in [2.75, 3.05) is 5.73 Å². The summed E-state index contributed by atoms with van der Waals surface area (Å²) in [5.41, 5.74) is 6.41. The number of aryl methyl sites for hydroxylation is 1. The zero-order chi connectivity index (χ0) is 14.0. The predicted molar refractivity (Wildman–Crippen MR) is 72.0 cm³/mol. The minimum Gasteiger partial charge on any atom is -0.437 e. The highest BCUT2D eigenvalue weighted by atomic mass is 35.5. The number of ether oxygens (including phenoxy) is 1. The number of nitrogens with zero attached hydrogens (tertiary/aromatic N) is 2. The molecule has 100 valence electrons. The topological polar surface area (TPSA) is 61.0 Å². The lowest BCUT2D eigenvalue weighted by Gasteiger charge is -2.11. The van der Waals surface area contributed by atoms with E-state index in [0.717, 1.165) is 0 Å². The number of nitrogen functional groups attached to an aromatic ring is 1. The molecule has 1 heterocycles. The number of aromatic nitrogens is 2. The number of hydrogen-bond donors (Lipinski definition) is 1. The fourth-order valence-corrected chi connectivity index (χ4v) is 1.68. The Morgan fingerprint density at radius 1 is 1.37 bits per heavy atom. The van der Waals surface area contributed by atoms with Crippen LogP contribution in [-0.2, 0) is 6.42 Å². The molecule has 1 aromatic carbocycles. The number of benzene rings is 1. The van der Waals surface area contributed by atoms with Gasteiger partial charge in [0.2, 0.25) is 5.88 Å². The minimum atomic E-state index is -0.425. The first-order valence-corrected chi connectivity index (χ1v) is 6.15. The Hall–Kier alpha value is -1.88. The van der Waals surface area contributed by atoms with Gasteiger partial charge in [-0.05, 0) is 25.1 Å². The van der Waals surface area contributed by atoms with E-state index in [1.807, 2.05) is 6.92 Å². The van der Waals surface area contributed by atoms with Crippen molar-refractivity contribution in [3.05, 3.63) is 40.4 Å². The van der Waals surface area contributed by atoms with Crippen LogP contribution in [0.1, 0.15) is 18.3 Å². The SMILES string of the molecule is CCc1nc(N)c(C)c(Oc2ccc(F)cc2Cl)n1. The molecule has 0 bridgehead atoms. The van der Waals surface area contributed by atoms with E-state index in [4.69, 9.17) is 22.1 Å². The molecule has 0 radical (unpaired) electrons. The maximum absolute atomic E-state index is 13.0. The van der Waals surface area contributed by atoms with Crippen molar-refractivity contribution in [3.63, 3.8) is 0 Å². The largest absolute Gasteiger partial charge is 0.437 e. The fraction of sp³-hybridized carbons (Fsp3) is 0.231. The van der Waals surface area contributed by atoms with Crippen molar-refractivity contribution in [1.29, 1.82) is 0 Å². The van der Waals surface area contributed by atoms with Crippen LogP contribution in [0.25, 0.3) is 0 Å². The van der Waals surface area contributed by atoms with E-state index in [2.05, 4.69) is 9.97 Å². The molecule has 0 spiro atoms. The molecule has 19 heavy (non-hydrogen) atoms. The molecular formula is C13H13ClFN3O. The van der Waals surface area contributed by atoms with Crippen molar-refractivity contribution in [2.45, 2.75) is 20.3 Å². The van der Waals surface area contributed by atoms with Crippen molar-refractivity contribution in [1.82, 2.24) is 9.97 Å². The molecule has 0 aliphatic carbocycles. The zero-order valence-corrected chi connectivity index (χ0v) is 11.3. The molecule has 0 unspecified atom stereocenters.